The normalized spacial score (nSPS) is 12.0. The minimum Gasteiger partial charge on any atom is -0.497 e. The van der Waals surface area contributed by atoms with Gasteiger partial charge in [0.15, 0.2) is 0 Å². The van der Waals surface area contributed by atoms with Crippen LogP contribution >= 0.6 is 11.6 Å². The first-order valence-corrected chi connectivity index (χ1v) is 16.8. The number of hydrogen-bond donors (Lipinski definition) is 1. The first kappa shape index (κ1) is 34.5. The second-order valence-electron chi connectivity index (χ2n) is 11.5. The summed E-state index contributed by atoms with van der Waals surface area (Å²) in [5.41, 5.74) is 3.24. The monoisotopic (exact) mass is 661 g/mol. The maximum Gasteiger partial charge on any atom is 0.264 e. The van der Waals surface area contributed by atoms with Crippen molar-refractivity contribution in [2.24, 2.45) is 0 Å². The maximum atomic E-state index is 14.6. The van der Waals surface area contributed by atoms with Gasteiger partial charge in [-0.2, -0.15) is 0 Å². The van der Waals surface area contributed by atoms with E-state index in [1.807, 2.05) is 57.2 Å². The molecule has 4 aromatic carbocycles. The van der Waals surface area contributed by atoms with E-state index in [-0.39, 0.29) is 35.5 Å². The van der Waals surface area contributed by atoms with E-state index in [0.717, 1.165) is 21.0 Å². The third kappa shape index (κ3) is 8.47. The molecule has 1 unspecified atom stereocenters. The van der Waals surface area contributed by atoms with Gasteiger partial charge in [-0.25, -0.2) is 8.42 Å². The highest BCUT2D eigenvalue weighted by Gasteiger charge is 2.35. The van der Waals surface area contributed by atoms with Crippen LogP contribution in [0.15, 0.2) is 102 Å². The summed E-state index contributed by atoms with van der Waals surface area (Å²) in [5, 5.41) is 3.32. The second kappa shape index (κ2) is 15.3. The summed E-state index contributed by atoms with van der Waals surface area (Å²) >= 11 is 6.46. The zero-order valence-electron chi connectivity index (χ0n) is 26.7. The van der Waals surface area contributed by atoms with Crippen LogP contribution in [0.25, 0.3) is 0 Å². The number of ether oxygens (including phenoxy) is 1. The third-order valence-electron chi connectivity index (χ3n) is 7.58. The van der Waals surface area contributed by atoms with E-state index in [0.29, 0.717) is 16.3 Å². The number of carbonyl (C=O) groups is 2. The molecule has 0 aliphatic carbocycles. The molecule has 0 aliphatic rings. The number of carbonyl (C=O) groups excluding carboxylic acids is 2. The van der Waals surface area contributed by atoms with Gasteiger partial charge in [-0.05, 0) is 80.8 Å². The molecule has 0 spiro atoms. The lowest BCUT2D eigenvalue weighted by Crippen LogP contribution is -2.54. The number of hydrogen-bond acceptors (Lipinski definition) is 5. The Kier molecular flexibility index (Phi) is 11.5. The topological polar surface area (TPSA) is 96.0 Å². The molecule has 0 aromatic heterocycles. The molecular formula is C36H40ClN3O5S. The number of nitrogens with zero attached hydrogens (tertiary/aromatic N) is 2. The Morgan fingerprint density at radius 2 is 1.52 bits per heavy atom. The van der Waals surface area contributed by atoms with Crippen molar-refractivity contribution in [1.82, 2.24) is 10.2 Å². The first-order valence-electron chi connectivity index (χ1n) is 15.0. The number of anilines is 1. The van der Waals surface area contributed by atoms with Gasteiger partial charge in [0.1, 0.15) is 18.3 Å². The Morgan fingerprint density at radius 1 is 0.870 bits per heavy atom. The highest BCUT2D eigenvalue weighted by Crippen LogP contribution is 2.31. The molecule has 0 aliphatic heterocycles. The molecule has 2 amide bonds. The molecule has 0 radical (unpaired) electrons. The molecule has 242 valence electrons. The summed E-state index contributed by atoms with van der Waals surface area (Å²) in [5.74, 6) is -0.311. The minimum absolute atomic E-state index is 0.0306. The van der Waals surface area contributed by atoms with E-state index in [1.54, 1.807) is 62.6 Å². The van der Waals surface area contributed by atoms with Gasteiger partial charge in [0.2, 0.25) is 11.8 Å². The van der Waals surface area contributed by atoms with Crippen LogP contribution < -0.4 is 14.4 Å². The maximum absolute atomic E-state index is 14.6. The molecule has 1 atom stereocenters. The van der Waals surface area contributed by atoms with E-state index in [4.69, 9.17) is 16.3 Å². The summed E-state index contributed by atoms with van der Waals surface area (Å²) in [4.78, 5) is 29.9. The predicted molar refractivity (Wildman–Crippen MR) is 183 cm³/mol. The number of halogens is 1. The quantitative estimate of drug-likeness (QED) is 0.181. The van der Waals surface area contributed by atoms with Crippen molar-refractivity contribution in [2.45, 2.75) is 57.6 Å². The Labute approximate surface area is 277 Å². The Balaban J connectivity index is 1.85. The Bertz CT molecular complexity index is 1760. The smallest absolute Gasteiger partial charge is 0.264 e. The van der Waals surface area contributed by atoms with Crippen LogP contribution in [-0.4, -0.2) is 50.9 Å². The Hall–Kier alpha value is -4.34. The van der Waals surface area contributed by atoms with Crippen molar-refractivity contribution in [3.63, 3.8) is 0 Å². The van der Waals surface area contributed by atoms with Gasteiger partial charge in [0.05, 0.1) is 17.7 Å². The van der Waals surface area contributed by atoms with Crippen molar-refractivity contribution in [2.75, 3.05) is 18.0 Å². The van der Waals surface area contributed by atoms with Crippen LogP contribution in [0.5, 0.6) is 5.75 Å². The summed E-state index contributed by atoms with van der Waals surface area (Å²) in [6, 6.07) is 26.9. The van der Waals surface area contributed by atoms with Gasteiger partial charge in [-0.15, -0.1) is 0 Å². The van der Waals surface area contributed by atoms with Crippen LogP contribution in [0.2, 0.25) is 5.02 Å². The van der Waals surface area contributed by atoms with E-state index >= 15 is 0 Å². The summed E-state index contributed by atoms with van der Waals surface area (Å²) < 4.78 is 35.0. The molecule has 10 heteroatoms. The van der Waals surface area contributed by atoms with Crippen LogP contribution in [0.1, 0.15) is 36.1 Å². The number of sulfonamides is 1. The van der Waals surface area contributed by atoms with Gasteiger partial charge in [0.25, 0.3) is 10.0 Å². The van der Waals surface area contributed by atoms with Crippen LogP contribution in [0.4, 0.5) is 5.69 Å². The zero-order chi connectivity index (χ0) is 33.4. The average Bonchev–Trinajstić information content (AvgIpc) is 3.03. The van der Waals surface area contributed by atoms with Crippen LogP contribution in [0.3, 0.4) is 0 Å². The van der Waals surface area contributed by atoms with Crippen molar-refractivity contribution in [3.05, 3.63) is 124 Å². The first-order chi connectivity index (χ1) is 21.9. The molecule has 4 rings (SSSR count). The lowest BCUT2D eigenvalue weighted by atomic mass is 10.0. The van der Waals surface area contributed by atoms with Crippen LogP contribution in [-0.2, 0) is 32.6 Å². The van der Waals surface area contributed by atoms with E-state index in [1.165, 1.54) is 17.0 Å². The fourth-order valence-corrected chi connectivity index (χ4v) is 6.76. The number of nitrogens with one attached hydrogen (secondary N) is 1. The van der Waals surface area contributed by atoms with Gasteiger partial charge in [-0.3, -0.25) is 13.9 Å². The predicted octanol–water partition coefficient (Wildman–Crippen LogP) is 6.33. The summed E-state index contributed by atoms with van der Waals surface area (Å²) in [6.07, 6.45) is 0.218. The van der Waals surface area contributed by atoms with Gasteiger partial charge < -0.3 is 15.0 Å². The number of rotatable bonds is 13. The van der Waals surface area contributed by atoms with Crippen molar-refractivity contribution >= 4 is 39.1 Å². The van der Waals surface area contributed by atoms with Gasteiger partial charge >= 0.3 is 0 Å². The van der Waals surface area contributed by atoms with E-state index in [9.17, 15) is 18.0 Å². The molecule has 0 bridgehead atoms. The molecule has 4 aromatic rings. The number of amides is 2. The van der Waals surface area contributed by atoms with Gasteiger partial charge in [0, 0.05) is 24.0 Å². The molecular weight excluding hydrogens is 622 g/mol. The number of benzene rings is 4. The third-order valence-corrected chi connectivity index (χ3v) is 9.77. The van der Waals surface area contributed by atoms with Gasteiger partial charge in [-0.1, -0.05) is 77.8 Å². The largest absolute Gasteiger partial charge is 0.497 e. The summed E-state index contributed by atoms with van der Waals surface area (Å²) in [6.45, 7) is 6.74. The Morgan fingerprint density at radius 3 is 2.17 bits per heavy atom. The highest BCUT2D eigenvalue weighted by atomic mass is 35.5. The zero-order valence-corrected chi connectivity index (χ0v) is 28.3. The standard InChI is InChI=1S/C36H40ClN3O5S/c1-25(2)38-36(42)34(22-28-11-7-6-8-12-28)39(23-29-13-9-14-30(21-29)45-5)35(41)24-40(33-16-10-15-32(37)27(33)4)46(43,44)31-19-17-26(3)18-20-31/h6-21,25,34H,22-24H2,1-5H3,(H,38,42). The molecule has 1 N–H and O–H groups in total. The highest BCUT2D eigenvalue weighted by molar-refractivity contribution is 7.92. The lowest BCUT2D eigenvalue weighted by Gasteiger charge is -2.34. The van der Waals surface area contributed by atoms with Crippen LogP contribution in [0, 0.1) is 13.8 Å². The second-order valence-corrected chi connectivity index (χ2v) is 13.7. The fourth-order valence-electron chi connectivity index (χ4n) is 5.12. The summed E-state index contributed by atoms with van der Waals surface area (Å²) in [7, 11) is -2.69. The minimum atomic E-state index is -4.24. The molecule has 46 heavy (non-hydrogen) atoms. The fraction of sp³-hybridized carbons (Fsp3) is 0.278. The number of aryl methyl sites for hydroxylation is 1. The van der Waals surface area contributed by atoms with E-state index in [2.05, 4.69) is 5.32 Å². The van der Waals surface area contributed by atoms with Crippen molar-refractivity contribution in [3.8, 4) is 5.75 Å². The SMILES string of the molecule is COc1cccc(CN(C(=O)CN(c2cccc(Cl)c2C)S(=O)(=O)c2ccc(C)cc2)C(Cc2ccccc2)C(=O)NC(C)C)c1. The van der Waals surface area contributed by atoms with Crippen molar-refractivity contribution in [1.29, 1.82) is 0 Å². The average molecular weight is 662 g/mol. The molecule has 0 heterocycles. The molecule has 0 saturated carbocycles. The lowest BCUT2D eigenvalue weighted by molar-refractivity contribution is -0.140. The van der Waals surface area contributed by atoms with Crippen molar-refractivity contribution < 1.29 is 22.7 Å². The molecule has 8 nitrogen and oxygen atoms in total. The van der Waals surface area contributed by atoms with E-state index < -0.39 is 28.5 Å². The number of methoxy groups -OCH3 is 1. The molecule has 0 fully saturated rings. The molecule has 0 saturated heterocycles.